The van der Waals surface area contributed by atoms with Crippen LogP contribution >= 0.6 is 0 Å². The molecule has 0 unspecified atom stereocenters. The molecule has 1 N–H and O–H groups in total. The lowest BCUT2D eigenvalue weighted by molar-refractivity contribution is -0.116. The first kappa shape index (κ1) is 19.5. The lowest BCUT2D eigenvalue weighted by Crippen LogP contribution is -2.41. The number of para-hydroxylation sites is 1. The Balaban J connectivity index is 1.71. The molecule has 0 radical (unpaired) electrons. The number of rotatable bonds is 6. The second kappa shape index (κ2) is 8.20. The fraction of sp³-hybridized carbons (Fsp3) is 0.444. The van der Waals surface area contributed by atoms with Crippen LogP contribution in [0.25, 0.3) is 0 Å². The summed E-state index contributed by atoms with van der Waals surface area (Å²) in [7, 11) is -3.62. The molecule has 0 bridgehead atoms. The average Bonchev–Trinajstić information content (AvgIpc) is 2.95. The zero-order valence-electron chi connectivity index (χ0n) is 15.5. The van der Waals surface area contributed by atoms with Crippen molar-refractivity contribution in [3.63, 3.8) is 0 Å². The standard InChI is InChI=1S/C18H24N4O4S/c1-14-18(27(24,25)21-10-12-26-13-11-21)15(2)22(20-14)9-8-17(23)19-16-6-4-3-5-7-16/h3-7H,8-13H2,1-2H3,(H,19,23). The van der Waals surface area contributed by atoms with Gasteiger partial charge in [-0.2, -0.15) is 9.40 Å². The molecule has 1 aliphatic rings. The van der Waals surface area contributed by atoms with E-state index in [0.29, 0.717) is 44.2 Å². The first-order valence-electron chi connectivity index (χ1n) is 8.86. The molecule has 1 aromatic carbocycles. The van der Waals surface area contributed by atoms with Crippen LogP contribution < -0.4 is 5.32 Å². The Morgan fingerprint density at radius 2 is 1.85 bits per heavy atom. The molecule has 3 rings (SSSR count). The Hall–Kier alpha value is -2.23. The van der Waals surface area contributed by atoms with Gasteiger partial charge in [0.05, 0.1) is 31.1 Å². The molecule has 1 aromatic heterocycles. The van der Waals surface area contributed by atoms with Crippen LogP contribution in [0.15, 0.2) is 35.2 Å². The number of aryl methyl sites for hydroxylation is 2. The van der Waals surface area contributed by atoms with Gasteiger partial charge < -0.3 is 10.1 Å². The number of morpholine rings is 1. The summed E-state index contributed by atoms with van der Waals surface area (Å²) in [6, 6.07) is 9.20. The first-order chi connectivity index (χ1) is 12.9. The van der Waals surface area contributed by atoms with Crippen molar-refractivity contribution >= 4 is 21.6 Å². The van der Waals surface area contributed by atoms with E-state index < -0.39 is 10.0 Å². The normalized spacial score (nSPS) is 15.6. The number of hydrogen-bond acceptors (Lipinski definition) is 5. The summed E-state index contributed by atoms with van der Waals surface area (Å²) in [5, 5.41) is 7.16. The fourth-order valence-corrected chi connectivity index (χ4v) is 4.92. The number of nitrogens with one attached hydrogen (secondary N) is 1. The van der Waals surface area contributed by atoms with Crippen molar-refractivity contribution in [3.8, 4) is 0 Å². The van der Waals surface area contributed by atoms with Crippen molar-refractivity contribution in [2.45, 2.75) is 31.7 Å². The van der Waals surface area contributed by atoms with Gasteiger partial charge in [-0.25, -0.2) is 8.42 Å². The van der Waals surface area contributed by atoms with E-state index in [0.717, 1.165) is 5.69 Å². The summed E-state index contributed by atoms with van der Waals surface area (Å²) in [4.78, 5) is 12.4. The third-order valence-electron chi connectivity index (χ3n) is 4.49. The molecular weight excluding hydrogens is 368 g/mol. The number of aromatic nitrogens is 2. The number of ether oxygens (including phenoxy) is 1. The van der Waals surface area contributed by atoms with E-state index in [9.17, 15) is 13.2 Å². The number of hydrogen-bond donors (Lipinski definition) is 1. The van der Waals surface area contributed by atoms with Gasteiger partial charge in [0.25, 0.3) is 0 Å². The molecule has 0 atom stereocenters. The maximum Gasteiger partial charge on any atom is 0.246 e. The monoisotopic (exact) mass is 392 g/mol. The van der Waals surface area contributed by atoms with Crippen molar-refractivity contribution in [2.75, 3.05) is 31.6 Å². The second-order valence-corrected chi connectivity index (χ2v) is 8.28. The summed E-state index contributed by atoms with van der Waals surface area (Å²) >= 11 is 0. The maximum absolute atomic E-state index is 13.0. The molecule has 0 aliphatic carbocycles. The van der Waals surface area contributed by atoms with Crippen molar-refractivity contribution < 1.29 is 17.9 Å². The van der Waals surface area contributed by atoms with Crippen molar-refractivity contribution in [3.05, 3.63) is 41.7 Å². The molecule has 0 spiro atoms. The molecule has 8 nitrogen and oxygen atoms in total. The van der Waals surface area contributed by atoms with E-state index in [1.54, 1.807) is 18.5 Å². The van der Waals surface area contributed by atoms with Crippen LogP contribution in [0.3, 0.4) is 0 Å². The van der Waals surface area contributed by atoms with Gasteiger partial charge in [0, 0.05) is 25.2 Å². The number of benzene rings is 1. The minimum Gasteiger partial charge on any atom is -0.379 e. The van der Waals surface area contributed by atoms with E-state index in [-0.39, 0.29) is 17.2 Å². The second-order valence-electron chi connectivity index (χ2n) is 6.40. The maximum atomic E-state index is 13.0. The molecule has 1 aliphatic heterocycles. The van der Waals surface area contributed by atoms with Crippen LogP contribution in [0.5, 0.6) is 0 Å². The van der Waals surface area contributed by atoms with Gasteiger partial charge in [-0.1, -0.05) is 18.2 Å². The lowest BCUT2D eigenvalue weighted by Gasteiger charge is -2.26. The lowest BCUT2D eigenvalue weighted by atomic mass is 10.3. The van der Waals surface area contributed by atoms with E-state index >= 15 is 0 Å². The topological polar surface area (TPSA) is 93.5 Å². The van der Waals surface area contributed by atoms with Crippen LogP contribution in [0.1, 0.15) is 17.8 Å². The predicted molar refractivity (Wildman–Crippen MR) is 101 cm³/mol. The smallest absolute Gasteiger partial charge is 0.246 e. The van der Waals surface area contributed by atoms with Crippen LogP contribution in [-0.4, -0.2) is 54.7 Å². The quantitative estimate of drug-likeness (QED) is 0.805. The third-order valence-corrected chi connectivity index (χ3v) is 6.64. The van der Waals surface area contributed by atoms with Gasteiger partial charge in [-0.3, -0.25) is 9.48 Å². The van der Waals surface area contributed by atoms with Crippen molar-refractivity contribution in [2.24, 2.45) is 0 Å². The molecule has 146 valence electrons. The summed E-state index contributed by atoms with van der Waals surface area (Å²) < 4.78 is 34.2. The molecule has 9 heteroatoms. The molecule has 2 aromatic rings. The average molecular weight is 392 g/mol. The van der Waals surface area contributed by atoms with E-state index in [2.05, 4.69) is 10.4 Å². The van der Waals surface area contributed by atoms with Gasteiger partial charge in [0.1, 0.15) is 4.90 Å². The SMILES string of the molecule is Cc1nn(CCC(=O)Nc2ccccc2)c(C)c1S(=O)(=O)N1CCOCC1. The van der Waals surface area contributed by atoms with Crippen LogP contribution in [-0.2, 0) is 26.1 Å². The zero-order chi connectivity index (χ0) is 19.4. The number of sulfonamides is 1. The summed E-state index contributed by atoms with van der Waals surface area (Å²) in [6.07, 6.45) is 0.202. The Kier molecular flexibility index (Phi) is 5.93. The highest BCUT2D eigenvalue weighted by Gasteiger charge is 2.32. The predicted octanol–water partition coefficient (Wildman–Crippen LogP) is 1.55. The molecule has 1 amide bonds. The third kappa shape index (κ3) is 4.37. The molecular formula is C18H24N4O4S. The zero-order valence-corrected chi connectivity index (χ0v) is 16.3. The Labute approximate surface area is 159 Å². The van der Waals surface area contributed by atoms with E-state index in [1.165, 1.54) is 4.31 Å². The molecule has 1 saturated heterocycles. The first-order valence-corrected chi connectivity index (χ1v) is 10.3. The number of anilines is 1. The molecule has 27 heavy (non-hydrogen) atoms. The van der Waals surface area contributed by atoms with Gasteiger partial charge in [-0.15, -0.1) is 0 Å². The summed E-state index contributed by atoms with van der Waals surface area (Å²) in [6.45, 7) is 5.18. The van der Waals surface area contributed by atoms with E-state index in [4.69, 9.17) is 4.74 Å². The number of carbonyl (C=O) groups excluding carboxylic acids is 1. The summed E-state index contributed by atoms with van der Waals surface area (Å²) in [5.41, 5.74) is 1.72. The minimum absolute atomic E-state index is 0.147. The van der Waals surface area contributed by atoms with Crippen LogP contribution in [0.2, 0.25) is 0 Å². The van der Waals surface area contributed by atoms with Gasteiger partial charge in [0.15, 0.2) is 0 Å². The van der Waals surface area contributed by atoms with Crippen molar-refractivity contribution in [1.29, 1.82) is 0 Å². The van der Waals surface area contributed by atoms with Gasteiger partial charge in [-0.05, 0) is 26.0 Å². The van der Waals surface area contributed by atoms with E-state index in [1.807, 2.05) is 30.3 Å². The van der Waals surface area contributed by atoms with Gasteiger partial charge >= 0.3 is 0 Å². The molecule has 0 saturated carbocycles. The Morgan fingerprint density at radius 1 is 1.19 bits per heavy atom. The molecule has 2 heterocycles. The number of carbonyl (C=O) groups is 1. The highest BCUT2D eigenvalue weighted by molar-refractivity contribution is 7.89. The highest BCUT2D eigenvalue weighted by atomic mass is 32.2. The fourth-order valence-electron chi connectivity index (χ4n) is 3.14. The minimum atomic E-state index is -3.62. The van der Waals surface area contributed by atoms with Crippen LogP contribution in [0.4, 0.5) is 5.69 Å². The Morgan fingerprint density at radius 3 is 2.52 bits per heavy atom. The number of nitrogens with zero attached hydrogens (tertiary/aromatic N) is 3. The largest absolute Gasteiger partial charge is 0.379 e. The summed E-state index contributed by atoms with van der Waals surface area (Å²) in [5.74, 6) is -0.147. The van der Waals surface area contributed by atoms with Crippen molar-refractivity contribution in [1.82, 2.24) is 14.1 Å². The molecule has 1 fully saturated rings. The number of amides is 1. The highest BCUT2D eigenvalue weighted by Crippen LogP contribution is 2.24. The Bertz CT molecular complexity index is 903. The van der Waals surface area contributed by atoms with Crippen LogP contribution in [0, 0.1) is 13.8 Å². The van der Waals surface area contributed by atoms with Gasteiger partial charge in [0.2, 0.25) is 15.9 Å².